The fourth-order valence-electron chi connectivity index (χ4n) is 2.43. The molecule has 0 aromatic carbocycles. The summed E-state index contributed by atoms with van der Waals surface area (Å²) in [6, 6.07) is 0.209. The molecule has 1 aliphatic rings. The van der Waals surface area contributed by atoms with E-state index >= 15 is 0 Å². The molecule has 0 radical (unpaired) electrons. The zero-order valence-electron chi connectivity index (χ0n) is 12.2. The highest BCUT2D eigenvalue weighted by molar-refractivity contribution is 5.76. The predicted octanol–water partition coefficient (Wildman–Crippen LogP) is 1.30. The Morgan fingerprint density at radius 1 is 1.17 bits per heavy atom. The molecule has 1 rings (SSSR count). The number of carbonyl (C=O) groups excluding carboxylic acids is 1. The van der Waals surface area contributed by atoms with Crippen molar-refractivity contribution in [2.75, 3.05) is 32.7 Å². The maximum absolute atomic E-state index is 12.0. The van der Waals surface area contributed by atoms with Gasteiger partial charge in [-0.1, -0.05) is 13.8 Å². The highest BCUT2D eigenvalue weighted by atomic mass is 16.2. The first-order valence-corrected chi connectivity index (χ1v) is 7.24. The van der Waals surface area contributed by atoms with Crippen molar-refractivity contribution in [3.05, 3.63) is 0 Å². The monoisotopic (exact) mass is 255 g/mol. The Morgan fingerprint density at radius 2 is 1.78 bits per heavy atom. The molecule has 1 aliphatic heterocycles. The second-order valence-corrected chi connectivity index (χ2v) is 5.94. The van der Waals surface area contributed by atoms with Crippen molar-refractivity contribution in [2.45, 2.75) is 46.1 Å². The summed E-state index contributed by atoms with van der Waals surface area (Å²) in [4.78, 5) is 16.4. The van der Waals surface area contributed by atoms with E-state index in [1.165, 1.54) is 0 Å². The van der Waals surface area contributed by atoms with Crippen LogP contribution < -0.4 is 5.73 Å². The van der Waals surface area contributed by atoms with Crippen molar-refractivity contribution in [1.82, 2.24) is 9.80 Å². The number of nitrogens with zero attached hydrogens (tertiary/aromatic N) is 2. The normalized spacial score (nSPS) is 19.3. The van der Waals surface area contributed by atoms with Gasteiger partial charge in [0.15, 0.2) is 0 Å². The maximum Gasteiger partial charge on any atom is 0.222 e. The molecule has 0 saturated carbocycles. The van der Waals surface area contributed by atoms with Crippen LogP contribution in [0.25, 0.3) is 0 Å². The number of rotatable bonds is 6. The highest BCUT2D eigenvalue weighted by Gasteiger charge is 2.20. The molecule has 106 valence electrons. The minimum atomic E-state index is 0.209. The van der Waals surface area contributed by atoms with Crippen molar-refractivity contribution >= 4 is 5.91 Å². The largest absolute Gasteiger partial charge is 0.340 e. The van der Waals surface area contributed by atoms with E-state index in [0.717, 1.165) is 45.6 Å². The second-order valence-electron chi connectivity index (χ2n) is 5.94. The molecule has 0 bridgehead atoms. The molecule has 18 heavy (non-hydrogen) atoms. The van der Waals surface area contributed by atoms with Crippen molar-refractivity contribution in [1.29, 1.82) is 0 Å². The van der Waals surface area contributed by atoms with Crippen molar-refractivity contribution in [3.63, 3.8) is 0 Å². The van der Waals surface area contributed by atoms with Gasteiger partial charge in [0.25, 0.3) is 0 Å². The van der Waals surface area contributed by atoms with E-state index in [2.05, 4.69) is 18.7 Å². The van der Waals surface area contributed by atoms with Gasteiger partial charge in [-0.15, -0.1) is 0 Å². The van der Waals surface area contributed by atoms with E-state index in [4.69, 9.17) is 5.73 Å². The van der Waals surface area contributed by atoms with Crippen LogP contribution in [0, 0.1) is 5.92 Å². The zero-order valence-corrected chi connectivity index (χ0v) is 12.2. The second kappa shape index (κ2) is 7.74. The molecule has 2 N–H and O–H groups in total. The van der Waals surface area contributed by atoms with Gasteiger partial charge in [-0.05, 0) is 25.7 Å². The molecule has 0 spiro atoms. The summed E-state index contributed by atoms with van der Waals surface area (Å²) in [5.41, 5.74) is 5.69. The SMILES string of the molecule is CC(C)CN1CCN(C(=O)CCCC(C)N)CC1. The third kappa shape index (κ3) is 5.83. The molecule has 0 aliphatic carbocycles. The minimum absolute atomic E-state index is 0.209. The summed E-state index contributed by atoms with van der Waals surface area (Å²) in [6.07, 6.45) is 2.52. The van der Waals surface area contributed by atoms with Crippen LogP contribution in [-0.2, 0) is 4.79 Å². The molecule has 1 fully saturated rings. The van der Waals surface area contributed by atoms with Crippen molar-refractivity contribution in [3.8, 4) is 0 Å². The first-order valence-electron chi connectivity index (χ1n) is 7.24. The summed E-state index contributed by atoms with van der Waals surface area (Å²) in [5.74, 6) is 1.01. The number of hydrogen-bond acceptors (Lipinski definition) is 3. The maximum atomic E-state index is 12.0. The summed E-state index contributed by atoms with van der Waals surface area (Å²) in [7, 11) is 0. The molecule has 4 nitrogen and oxygen atoms in total. The number of carbonyl (C=O) groups is 1. The number of piperazine rings is 1. The third-order valence-electron chi connectivity index (χ3n) is 3.40. The molecule has 1 saturated heterocycles. The fourth-order valence-corrected chi connectivity index (χ4v) is 2.43. The van der Waals surface area contributed by atoms with Crippen LogP contribution in [0.15, 0.2) is 0 Å². The topological polar surface area (TPSA) is 49.6 Å². The molecule has 0 aromatic heterocycles. The first-order chi connectivity index (χ1) is 8.49. The Balaban J connectivity index is 2.19. The fraction of sp³-hybridized carbons (Fsp3) is 0.929. The summed E-state index contributed by atoms with van der Waals surface area (Å²) in [5, 5.41) is 0. The van der Waals surface area contributed by atoms with E-state index < -0.39 is 0 Å². The minimum Gasteiger partial charge on any atom is -0.340 e. The quantitative estimate of drug-likeness (QED) is 0.778. The molecule has 1 atom stereocenters. The Bertz CT molecular complexity index is 245. The Labute approximate surface area is 111 Å². The zero-order chi connectivity index (χ0) is 13.5. The van der Waals surface area contributed by atoms with Crippen LogP contribution in [0.3, 0.4) is 0 Å². The lowest BCUT2D eigenvalue weighted by molar-refractivity contribution is -0.133. The molecule has 1 unspecified atom stereocenters. The van der Waals surface area contributed by atoms with Crippen LogP contribution in [-0.4, -0.2) is 54.5 Å². The smallest absolute Gasteiger partial charge is 0.222 e. The van der Waals surface area contributed by atoms with E-state index in [1.807, 2.05) is 11.8 Å². The van der Waals surface area contributed by atoms with E-state index in [-0.39, 0.29) is 6.04 Å². The summed E-state index contributed by atoms with van der Waals surface area (Å²) < 4.78 is 0. The number of hydrogen-bond donors (Lipinski definition) is 1. The van der Waals surface area contributed by atoms with Gasteiger partial charge in [0.1, 0.15) is 0 Å². The van der Waals surface area contributed by atoms with Gasteiger partial charge in [-0.2, -0.15) is 0 Å². The Kier molecular flexibility index (Phi) is 6.65. The lowest BCUT2D eigenvalue weighted by Gasteiger charge is -2.35. The lowest BCUT2D eigenvalue weighted by Crippen LogP contribution is -2.49. The summed E-state index contributed by atoms with van der Waals surface area (Å²) >= 11 is 0. The van der Waals surface area contributed by atoms with Crippen molar-refractivity contribution < 1.29 is 4.79 Å². The summed E-state index contributed by atoms with van der Waals surface area (Å²) in [6.45, 7) is 11.5. The molecule has 4 heteroatoms. The first kappa shape index (κ1) is 15.4. The van der Waals surface area contributed by atoms with Crippen LogP contribution in [0.5, 0.6) is 0 Å². The van der Waals surface area contributed by atoms with E-state index in [1.54, 1.807) is 0 Å². The Hall–Kier alpha value is -0.610. The van der Waals surface area contributed by atoms with E-state index in [0.29, 0.717) is 18.2 Å². The van der Waals surface area contributed by atoms with Gasteiger partial charge in [0.05, 0.1) is 0 Å². The van der Waals surface area contributed by atoms with Gasteiger partial charge < -0.3 is 10.6 Å². The average Bonchev–Trinajstić information content (AvgIpc) is 2.28. The molecule has 1 amide bonds. The number of amides is 1. The van der Waals surface area contributed by atoms with Gasteiger partial charge in [-0.3, -0.25) is 9.69 Å². The van der Waals surface area contributed by atoms with Crippen LogP contribution in [0.2, 0.25) is 0 Å². The standard InChI is InChI=1S/C14H29N3O/c1-12(2)11-16-7-9-17(10-8-16)14(18)6-4-5-13(3)15/h12-13H,4-11,15H2,1-3H3. The third-order valence-corrected chi connectivity index (χ3v) is 3.40. The van der Waals surface area contributed by atoms with E-state index in [9.17, 15) is 4.79 Å². The molecule has 1 heterocycles. The average molecular weight is 255 g/mol. The molecular weight excluding hydrogens is 226 g/mol. The van der Waals surface area contributed by atoms with Crippen LogP contribution in [0.1, 0.15) is 40.0 Å². The Morgan fingerprint density at radius 3 is 2.28 bits per heavy atom. The van der Waals surface area contributed by atoms with Crippen LogP contribution in [0.4, 0.5) is 0 Å². The van der Waals surface area contributed by atoms with Gasteiger partial charge >= 0.3 is 0 Å². The van der Waals surface area contributed by atoms with Gasteiger partial charge in [0, 0.05) is 45.2 Å². The molecule has 0 aromatic rings. The highest BCUT2D eigenvalue weighted by Crippen LogP contribution is 2.08. The lowest BCUT2D eigenvalue weighted by atomic mass is 10.1. The van der Waals surface area contributed by atoms with Crippen molar-refractivity contribution in [2.24, 2.45) is 11.7 Å². The predicted molar refractivity (Wildman–Crippen MR) is 75.4 cm³/mol. The molecular formula is C14H29N3O. The van der Waals surface area contributed by atoms with Gasteiger partial charge in [-0.25, -0.2) is 0 Å². The number of nitrogens with two attached hydrogens (primary N) is 1. The van der Waals surface area contributed by atoms with Gasteiger partial charge in [0.2, 0.25) is 5.91 Å². The van der Waals surface area contributed by atoms with Crippen LogP contribution >= 0.6 is 0 Å².